The number of piperidine rings is 1. The molecule has 1 fully saturated rings. The van der Waals surface area contributed by atoms with E-state index in [9.17, 15) is 4.79 Å². The van der Waals surface area contributed by atoms with Crippen LogP contribution in [0.1, 0.15) is 25.6 Å². The van der Waals surface area contributed by atoms with Crippen LogP contribution in [-0.2, 0) is 17.9 Å². The minimum absolute atomic E-state index is 0.162. The third kappa shape index (κ3) is 5.85. The fourth-order valence-electron chi connectivity index (χ4n) is 3.91. The number of nitrogens with zero attached hydrogens (tertiary/aromatic N) is 4. The van der Waals surface area contributed by atoms with Crippen LogP contribution in [0.3, 0.4) is 0 Å². The lowest BCUT2D eigenvalue weighted by atomic mass is 9.99. The Balaban J connectivity index is 1.42. The van der Waals surface area contributed by atoms with Crippen molar-refractivity contribution in [3.8, 4) is 16.9 Å². The minimum Gasteiger partial charge on any atom is -0.485 e. The lowest BCUT2D eigenvalue weighted by molar-refractivity contribution is -0.129. The summed E-state index contributed by atoms with van der Waals surface area (Å²) < 4.78 is 8.13. The fraction of sp³-hybridized carbons (Fsp3) is 0.346. The summed E-state index contributed by atoms with van der Waals surface area (Å²) in [7, 11) is 0. The maximum atomic E-state index is 12.6. The first kappa shape index (κ1) is 23.1. The SMILES string of the molecule is C=CCn1c(COc2ccccc2-c2ccccc2)nnc1SCC(=O)N1CCC(C)CC1. The molecule has 1 saturated heterocycles. The number of carbonyl (C=O) groups is 1. The van der Waals surface area contributed by atoms with Crippen molar-refractivity contribution in [3.63, 3.8) is 0 Å². The first-order valence-corrected chi connectivity index (χ1v) is 12.3. The molecule has 0 radical (unpaired) electrons. The number of benzene rings is 2. The molecule has 1 amide bonds. The zero-order valence-electron chi connectivity index (χ0n) is 19.0. The molecular formula is C26H30N4O2S. The summed E-state index contributed by atoms with van der Waals surface area (Å²) in [4.78, 5) is 14.6. The van der Waals surface area contributed by atoms with Crippen LogP contribution in [0.25, 0.3) is 11.1 Å². The van der Waals surface area contributed by atoms with Crippen LogP contribution < -0.4 is 4.74 Å². The van der Waals surface area contributed by atoms with Crippen molar-refractivity contribution in [1.82, 2.24) is 19.7 Å². The first-order valence-electron chi connectivity index (χ1n) is 11.4. The van der Waals surface area contributed by atoms with Gasteiger partial charge in [0.2, 0.25) is 5.91 Å². The quantitative estimate of drug-likeness (QED) is 0.329. The monoisotopic (exact) mass is 462 g/mol. The Morgan fingerprint density at radius 2 is 1.85 bits per heavy atom. The average Bonchev–Trinajstić information content (AvgIpc) is 3.24. The second-order valence-electron chi connectivity index (χ2n) is 8.30. The van der Waals surface area contributed by atoms with E-state index >= 15 is 0 Å². The summed E-state index contributed by atoms with van der Waals surface area (Å²) in [6.45, 7) is 8.64. The van der Waals surface area contributed by atoms with E-state index in [1.54, 1.807) is 0 Å². The van der Waals surface area contributed by atoms with Gasteiger partial charge in [-0.3, -0.25) is 9.36 Å². The van der Waals surface area contributed by atoms with E-state index in [0.29, 0.717) is 29.2 Å². The molecule has 6 nitrogen and oxygen atoms in total. The van der Waals surface area contributed by atoms with E-state index in [4.69, 9.17) is 4.74 Å². The van der Waals surface area contributed by atoms with E-state index < -0.39 is 0 Å². The molecule has 0 spiro atoms. The van der Waals surface area contributed by atoms with Crippen LogP contribution >= 0.6 is 11.8 Å². The molecule has 33 heavy (non-hydrogen) atoms. The van der Waals surface area contributed by atoms with Crippen molar-refractivity contribution in [2.75, 3.05) is 18.8 Å². The summed E-state index contributed by atoms with van der Waals surface area (Å²) in [5, 5.41) is 9.39. The molecule has 1 aliphatic heterocycles. The Morgan fingerprint density at radius 3 is 2.61 bits per heavy atom. The van der Waals surface area contributed by atoms with Gasteiger partial charge in [0.25, 0.3) is 0 Å². The predicted molar refractivity (Wildman–Crippen MR) is 132 cm³/mol. The van der Waals surface area contributed by atoms with Crippen molar-refractivity contribution in [2.45, 2.75) is 38.1 Å². The highest BCUT2D eigenvalue weighted by Crippen LogP contribution is 2.30. The van der Waals surface area contributed by atoms with E-state index in [2.05, 4.69) is 35.8 Å². The van der Waals surface area contributed by atoms with Gasteiger partial charge < -0.3 is 9.64 Å². The summed E-state index contributed by atoms with van der Waals surface area (Å²) in [5.41, 5.74) is 2.13. The predicted octanol–water partition coefficient (Wildman–Crippen LogP) is 5.06. The van der Waals surface area contributed by atoms with Gasteiger partial charge in [-0.25, -0.2) is 0 Å². The molecule has 0 aliphatic carbocycles. The molecule has 0 N–H and O–H groups in total. The zero-order chi connectivity index (χ0) is 23.0. The Morgan fingerprint density at radius 1 is 1.12 bits per heavy atom. The highest BCUT2D eigenvalue weighted by atomic mass is 32.2. The number of allylic oxidation sites excluding steroid dienone is 1. The van der Waals surface area contributed by atoms with Crippen molar-refractivity contribution in [3.05, 3.63) is 73.1 Å². The zero-order valence-corrected chi connectivity index (χ0v) is 19.8. The van der Waals surface area contributed by atoms with Crippen LogP contribution in [-0.4, -0.2) is 44.4 Å². The Hall–Kier alpha value is -3.06. The summed E-state index contributed by atoms with van der Waals surface area (Å²) in [6, 6.07) is 18.1. The summed E-state index contributed by atoms with van der Waals surface area (Å²) >= 11 is 1.43. The number of hydrogen-bond donors (Lipinski definition) is 0. The second-order valence-corrected chi connectivity index (χ2v) is 9.24. The smallest absolute Gasteiger partial charge is 0.233 e. The van der Waals surface area contributed by atoms with Gasteiger partial charge in [0.05, 0.1) is 5.75 Å². The number of ether oxygens (including phenoxy) is 1. The van der Waals surface area contributed by atoms with E-state index in [-0.39, 0.29) is 12.5 Å². The van der Waals surface area contributed by atoms with Crippen LogP contribution in [0.2, 0.25) is 0 Å². The van der Waals surface area contributed by atoms with Crippen LogP contribution in [0.15, 0.2) is 72.4 Å². The molecule has 2 aromatic carbocycles. The van der Waals surface area contributed by atoms with E-state index in [1.165, 1.54) is 11.8 Å². The topological polar surface area (TPSA) is 60.2 Å². The molecule has 1 aromatic heterocycles. The molecule has 1 aliphatic rings. The average molecular weight is 463 g/mol. The second kappa shape index (κ2) is 11.2. The lowest BCUT2D eigenvalue weighted by Gasteiger charge is -2.30. The minimum atomic E-state index is 0.162. The number of rotatable bonds is 9. The largest absolute Gasteiger partial charge is 0.485 e. The molecule has 2 heterocycles. The van der Waals surface area contributed by atoms with Crippen molar-refractivity contribution < 1.29 is 9.53 Å². The van der Waals surface area contributed by atoms with Gasteiger partial charge in [0, 0.05) is 25.2 Å². The maximum Gasteiger partial charge on any atom is 0.233 e. The molecule has 3 aromatic rings. The van der Waals surface area contributed by atoms with Crippen molar-refractivity contribution >= 4 is 17.7 Å². The van der Waals surface area contributed by atoms with Gasteiger partial charge in [0.1, 0.15) is 12.4 Å². The number of amides is 1. The Labute approximate surface area is 199 Å². The summed E-state index contributed by atoms with van der Waals surface area (Å²) in [6.07, 6.45) is 3.96. The standard InChI is InChI=1S/C26H30N4O2S/c1-3-15-30-24(18-32-23-12-8-7-11-22(23)21-9-5-4-6-10-21)27-28-26(30)33-19-25(31)29-16-13-20(2)14-17-29/h3-12,20H,1,13-19H2,2H3. The van der Waals surface area contributed by atoms with Gasteiger partial charge >= 0.3 is 0 Å². The molecule has 0 unspecified atom stereocenters. The number of likely N-dealkylation sites (tertiary alicyclic amines) is 1. The highest BCUT2D eigenvalue weighted by molar-refractivity contribution is 7.99. The molecular weight excluding hydrogens is 432 g/mol. The molecule has 4 rings (SSSR count). The molecule has 7 heteroatoms. The van der Waals surface area contributed by atoms with Gasteiger partial charge in [-0.05, 0) is 30.4 Å². The van der Waals surface area contributed by atoms with Gasteiger partial charge in [0.15, 0.2) is 11.0 Å². The van der Waals surface area contributed by atoms with Crippen LogP contribution in [0.5, 0.6) is 5.75 Å². The van der Waals surface area contributed by atoms with Gasteiger partial charge in [-0.1, -0.05) is 73.3 Å². The first-order chi connectivity index (χ1) is 16.2. The van der Waals surface area contributed by atoms with Crippen molar-refractivity contribution in [2.24, 2.45) is 5.92 Å². The molecule has 0 saturated carbocycles. The van der Waals surface area contributed by atoms with Crippen LogP contribution in [0.4, 0.5) is 0 Å². The Bertz CT molecular complexity index is 1070. The lowest BCUT2D eigenvalue weighted by Crippen LogP contribution is -2.38. The number of aromatic nitrogens is 3. The molecule has 172 valence electrons. The normalized spacial score (nSPS) is 14.3. The fourth-order valence-corrected chi connectivity index (χ4v) is 4.78. The van der Waals surface area contributed by atoms with Crippen LogP contribution in [0, 0.1) is 5.92 Å². The molecule has 0 bridgehead atoms. The van der Waals surface area contributed by atoms with Gasteiger partial charge in [-0.2, -0.15) is 0 Å². The Kier molecular flexibility index (Phi) is 7.83. The van der Waals surface area contributed by atoms with Gasteiger partial charge in [-0.15, -0.1) is 16.8 Å². The number of para-hydroxylation sites is 1. The summed E-state index contributed by atoms with van der Waals surface area (Å²) in [5.74, 6) is 2.73. The molecule has 0 atom stereocenters. The number of hydrogen-bond acceptors (Lipinski definition) is 5. The third-order valence-electron chi connectivity index (χ3n) is 5.89. The van der Waals surface area contributed by atoms with E-state index in [0.717, 1.165) is 42.8 Å². The van der Waals surface area contributed by atoms with E-state index in [1.807, 2.05) is 58.0 Å². The third-order valence-corrected chi connectivity index (χ3v) is 6.85. The highest BCUT2D eigenvalue weighted by Gasteiger charge is 2.21. The van der Waals surface area contributed by atoms with Crippen molar-refractivity contribution in [1.29, 1.82) is 0 Å². The number of thioether (sulfide) groups is 1. The maximum absolute atomic E-state index is 12.6. The number of carbonyl (C=O) groups excluding carboxylic acids is 1.